The molecule has 0 saturated heterocycles. The average molecular weight is 414 g/mol. The molecule has 5 nitrogen and oxygen atoms in total. The third kappa shape index (κ3) is 4.96. The molecule has 0 amide bonds. The van der Waals surface area contributed by atoms with Crippen LogP contribution in [0, 0.1) is 0 Å². The number of anilines is 1. The van der Waals surface area contributed by atoms with Gasteiger partial charge in [0.05, 0.1) is 10.7 Å². The second-order valence-corrected chi connectivity index (χ2v) is 7.47. The summed E-state index contributed by atoms with van der Waals surface area (Å²) in [6, 6.07) is 30.7. The molecule has 6 heteroatoms. The number of para-hydroxylation sites is 2. The molecule has 0 aliphatic carbocycles. The Hall–Kier alpha value is -3.38. The highest BCUT2D eigenvalue weighted by Gasteiger charge is 2.14. The number of aryl methyl sites for hydroxylation is 1. The lowest BCUT2D eigenvalue weighted by molar-refractivity contribution is 0.732. The van der Waals surface area contributed by atoms with Gasteiger partial charge in [-0.15, -0.1) is 5.10 Å². The van der Waals surface area contributed by atoms with Crippen molar-refractivity contribution in [1.82, 2.24) is 20.2 Å². The number of tetrazole rings is 1. The van der Waals surface area contributed by atoms with Crippen LogP contribution in [0.15, 0.2) is 91.0 Å². The molecule has 0 unspecified atom stereocenters. The van der Waals surface area contributed by atoms with E-state index >= 15 is 0 Å². The Kier molecular flexibility index (Phi) is 6.57. The van der Waals surface area contributed by atoms with Crippen molar-refractivity contribution in [3.8, 4) is 5.69 Å². The van der Waals surface area contributed by atoms with E-state index in [0.717, 1.165) is 48.0 Å². The minimum absolute atomic E-state index is 0.755. The number of benzene rings is 3. The van der Waals surface area contributed by atoms with E-state index in [2.05, 4.69) is 56.8 Å². The summed E-state index contributed by atoms with van der Waals surface area (Å²) < 4.78 is 1.79. The number of thiocarbonyl (C=S) groups is 1. The normalized spacial score (nSPS) is 10.7. The third-order valence-electron chi connectivity index (χ3n) is 4.88. The molecule has 0 spiro atoms. The number of rotatable bonds is 8. The van der Waals surface area contributed by atoms with Crippen LogP contribution in [0.25, 0.3) is 5.69 Å². The highest BCUT2D eigenvalue weighted by Crippen LogP contribution is 2.20. The summed E-state index contributed by atoms with van der Waals surface area (Å²) in [6.45, 7) is 0.755. The van der Waals surface area contributed by atoms with Gasteiger partial charge in [0.25, 0.3) is 0 Å². The number of hydrogen-bond acceptors (Lipinski definition) is 4. The molecule has 0 radical (unpaired) electrons. The third-order valence-corrected chi connectivity index (χ3v) is 5.30. The van der Waals surface area contributed by atoms with Gasteiger partial charge in [0.15, 0.2) is 5.82 Å². The van der Waals surface area contributed by atoms with Crippen LogP contribution in [0.5, 0.6) is 0 Å². The van der Waals surface area contributed by atoms with E-state index in [9.17, 15) is 0 Å². The van der Waals surface area contributed by atoms with E-state index < -0.39 is 0 Å². The van der Waals surface area contributed by atoms with Gasteiger partial charge in [0.1, 0.15) is 0 Å². The Labute approximate surface area is 182 Å². The second-order valence-electron chi connectivity index (χ2n) is 7.00. The molecule has 0 aliphatic heterocycles. The fraction of sp³-hybridized carbons (Fsp3) is 0.167. The van der Waals surface area contributed by atoms with Gasteiger partial charge >= 0.3 is 0 Å². The van der Waals surface area contributed by atoms with Gasteiger partial charge in [-0.25, -0.2) is 0 Å². The monoisotopic (exact) mass is 413 g/mol. The zero-order valence-corrected chi connectivity index (χ0v) is 17.4. The average Bonchev–Trinajstić information content (AvgIpc) is 3.28. The quantitative estimate of drug-likeness (QED) is 0.380. The van der Waals surface area contributed by atoms with Crippen LogP contribution in [-0.4, -0.2) is 25.2 Å². The molecule has 30 heavy (non-hydrogen) atoms. The van der Waals surface area contributed by atoms with Crippen molar-refractivity contribution in [1.29, 1.82) is 0 Å². The van der Waals surface area contributed by atoms with Crippen LogP contribution in [0.1, 0.15) is 24.2 Å². The highest BCUT2D eigenvalue weighted by atomic mass is 32.1. The summed E-state index contributed by atoms with van der Waals surface area (Å²) in [5, 5.41) is 12.2. The predicted molar refractivity (Wildman–Crippen MR) is 124 cm³/mol. The zero-order valence-electron chi connectivity index (χ0n) is 16.6. The van der Waals surface area contributed by atoms with Crippen LogP contribution in [0.4, 0.5) is 5.69 Å². The molecule has 0 saturated carbocycles. The largest absolute Gasteiger partial charge is 0.332 e. The lowest BCUT2D eigenvalue weighted by Gasteiger charge is -2.26. The van der Waals surface area contributed by atoms with Crippen molar-refractivity contribution in [3.63, 3.8) is 0 Å². The smallest absolute Gasteiger partial charge is 0.156 e. The first-order valence-electron chi connectivity index (χ1n) is 10.0. The van der Waals surface area contributed by atoms with Gasteiger partial charge in [-0.2, -0.15) is 4.68 Å². The molecule has 150 valence electrons. The number of hydrogen-bond donors (Lipinski definition) is 0. The molecule has 3 aromatic carbocycles. The standard InChI is InChI=1S/C24H23N5S/c30-24(18-10-17-23-25-26-27-29(23)22-15-8-3-9-16-22)28(21-13-6-2-7-14-21)19-20-11-4-1-5-12-20/h1-9,11-16H,10,17-19H2. The van der Waals surface area contributed by atoms with Gasteiger partial charge in [0.2, 0.25) is 0 Å². The molecule has 0 aliphatic rings. The van der Waals surface area contributed by atoms with Crippen molar-refractivity contribution < 1.29 is 0 Å². The van der Waals surface area contributed by atoms with E-state index in [1.807, 2.05) is 54.6 Å². The van der Waals surface area contributed by atoms with Crippen LogP contribution in [0.3, 0.4) is 0 Å². The van der Waals surface area contributed by atoms with Gasteiger partial charge in [-0.1, -0.05) is 78.9 Å². The lowest BCUT2D eigenvalue weighted by atomic mass is 10.1. The molecular formula is C24H23N5S. The maximum atomic E-state index is 5.85. The lowest BCUT2D eigenvalue weighted by Crippen LogP contribution is -2.28. The topological polar surface area (TPSA) is 46.8 Å². The predicted octanol–water partition coefficient (Wildman–Crippen LogP) is 5.02. The molecule has 4 aromatic rings. The molecule has 0 bridgehead atoms. The number of nitrogens with zero attached hydrogens (tertiary/aromatic N) is 5. The van der Waals surface area contributed by atoms with E-state index in [-0.39, 0.29) is 0 Å². The van der Waals surface area contributed by atoms with Crippen LogP contribution >= 0.6 is 12.2 Å². The Bertz CT molecular complexity index is 1060. The Morgan fingerprint density at radius 1 is 0.833 bits per heavy atom. The van der Waals surface area contributed by atoms with E-state index in [1.165, 1.54) is 5.56 Å². The van der Waals surface area contributed by atoms with Crippen LogP contribution in [-0.2, 0) is 13.0 Å². The first-order chi connectivity index (χ1) is 14.8. The maximum absolute atomic E-state index is 5.85. The van der Waals surface area contributed by atoms with Gasteiger partial charge in [-0.3, -0.25) is 0 Å². The molecule has 1 aromatic heterocycles. The van der Waals surface area contributed by atoms with Crippen molar-refractivity contribution >= 4 is 22.9 Å². The molecule has 0 atom stereocenters. The van der Waals surface area contributed by atoms with Crippen molar-refractivity contribution in [3.05, 3.63) is 102 Å². The summed E-state index contributed by atoms with van der Waals surface area (Å²) in [4.78, 5) is 3.13. The van der Waals surface area contributed by atoms with Gasteiger partial charge in [0, 0.05) is 18.7 Å². The van der Waals surface area contributed by atoms with Crippen molar-refractivity contribution in [2.75, 3.05) is 4.90 Å². The fourth-order valence-corrected chi connectivity index (χ4v) is 3.68. The summed E-state index contributed by atoms with van der Waals surface area (Å²) in [6.07, 6.45) is 2.43. The molecule has 1 heterocycles. The minimum atomic E-state index is 0.755. The fourth-order valence-electron chi connectivity index (χ4n) is 3.36. The summed E-state index contributed by atoms with van der Waals surface area (Å²) in [5.41, 5.74) is 3.31. The molecule has 4 rings (SSSR count). The Balaban J connectivity index is 1.43. The van der Waals surface area contributed by atoms with Gasteiger partial charge < -0.3 is 4.90 Å². The molecular weight excluding hydrogens is 390 g/mol. The van der Waals surface area contributed by atoms with E-state index in [1.54, 1.807) is 4.68 Å². The summed E-state index contributed by atoms with van der Waals surface area (Å²) in [7, 11) is 0. The maximum Gasteiger partial charge on any atom is 0.156 e. The second kappa shape index (κ2) is 9.89. The number of aromatic nitrogens is 4. The van der Waals surface area contributed by atoms with Crippen LogP contribution < -0.4 is 4.90 Å². The summed E-state index contributed by atoms with van der Waals surface area (Å²) >= 11 is 5.85. The molecule has 0 N–H and O–H groups in total. The van der Waals surface area contributed by atoms with Crippen LogP contribution in [0.2, 0.25) is 0 Å². The Morgan fingerprint density at radius 2 is 1.47 bits per heavy atom. The summed E-state index contributed by atoms with van der Waals surface area (Å²) in [5.74, 6) is 0.846. The minimum Gasteiger partial charge on any atom is -0.332 e. The molecule has 0 fully saturated rings. The first kappa shape index (κ1) is 19.9. The zero-order chi connectivity index (χ0) is 20.6. The van der Waals surface area contributed by atoms with E-state index in [0.29, 0.717) is 0 Å². The highest BCUT2D eigenvalue weighted by molar-refractivity contribution is 7.80. The van der Waals surface area contributed by atoms with Crippen molar-refractivity contribution in [2.24, 2.45) is 0 Å². The van der Waals surface area contributed by atoms with Gasteiger partial charge in [-0.05, 0) is 53.1 Å². The van der Waals surface area contributed by atoms with Crippen molar-refractivity contribution in [2.45, 2.75) is 25.8 Å². The SMILES string of the molecule is S=C(CCCc1nnnn1-c1ccccc1)N(Cc1ccccc1)c1ccccc1. The Morgan fingerprint density at radius 3 is 2.17 bits per heavy atom. The van der Waals surface area contributed by atoms with E-state index in [4.69, 9.17) is 12.2 Å². The first-order valence-corrected chi connectivity index (χ1v) is 10.4.